The van der Waals surface area contributed by atoms with Crippen molar-refractivity contribution >= 4 is 40.0 Å². The van der Waals surface area contributed by atoms with Crippen LogP contribution in [0.25, 0.3) is 11.0 Å². The average Bonchev–Trinajstić information content (AvgIpc) is 3.35. The summed E-state index contributed by atoms with van der Waals surface area (Å²) >= 11 is 3.31. The predicted molar refractivity (Wildman–Crippen MR) is 120 cm³/mol. The molecule has 7 heteroatoms. The van der Waals surface area contributed by atoms with Gasteiger partial charge >= 0.3 is 0 Å². The number of thiazole rings is 1. The molecule has 0 saturated heterocycles. The van der Waals surface area contributed by atoms with E-state index in [4.69, 9.17) is 0 Å². The molecule has 2 aromatic carbocycles. The van der Waals surface area contributed by atoms with Gasteiger partial charge in [-0.3, -0.25) is 4.79 Å². The van der Waals surface area contributed by atoms with Crippen molar-refractivity contribution in [2.75, 3.05) is 6.54 Å². The Kier molecular flexibility index (Phi) is 6.27. The third-order valence-electron chi connectivity index (χ3n) is 4.53. The summed E-state index contributed by atoms with van der Waals surface area (Å²) in [6, 6.07) is 15.8. The number of fused-ring (bicyclic) bond motifs is 1. The van der Waals surface area contributed by atoms with Gasteiger partial charge in [-0.05, 0) is 37.1 Å². The van der Waals surface area contributed by atoms with E-state index in [0.717, 1.165) is 56.6 Å². The maximum absolute atomic E-state index is 12.7. The number of rotatable bonds is 8. The largest absolute Gasteiger partial charge is 0.352 e. The molecule has 148 valence electrons. The van der Waals surface area contributed by atoms with Gasteiger partial charge in [0.1, 0.15) is 10.2 Å². The van der Waals surface area contributed by atoms with Crippen molar-refractivity contribution in [1.29, 1.82) is 0 Å². The molecule has 2 heterocycles. The van der Waals surface area contributed by atoms with Crippen molar-refractivity contribution in [2.24, 2.45) is 0 Å². The summed E-state index contributed by atoms with van der Waals surface area (Å²) < 4.78 is 1.03. The molecule has 4 rings (SSSR count). The van der Waals surface area contributed by atoms with Crippen LogP contribution in [-0.4, -0.2) is 27.4 Å². The molecule has 2 aromatic heterocycles. The lowest BCUT2D eigenvalue weighted by Gasteiger charge is -2.09. The molecular formula is C22H22N4OS2. The van der Waals surface area contributed by atoms with E-state index in [-0.39, 0.29) is 5.91 Å². The van der Waals surface area contributed by atoms with Crippen LogP contribution in [0.15, 0.2) is 58.3 Å². The van der Waals surface area contributed by atoms with Crippen LogP contribution >= 0.6 is 23.1 Å². The Morgan fingerprint density at radius 2 is 1.97 bits per heavy atom. The molecule has 0 atom stereocenters. The number of aromatic amines is 1. The highest BCUT2D eigenvalue weighted by molar-refractivity contribution is 8.00. The number of nitrogens with zero attached hydrogens (tertiary/aromatic N) is 2. The van der Waals surface area contributed by atoms with Gasteiger partial charge < -0.3 is 10.3 Å². The van der Waals surface area contributed by atoms with Crippen molar-refractivity contribution in [2.45, 2.75) is 29.9 Å². The fourth-order valence-electron chi connectivity index (χ4n) is 3.08. The van der Waals surface area contributed by atoms with Gasteiger partial charge in [-0.25, -0.2) is 9.97 Å². The van der Waals surface area contributed by atoms with E-state index in [1.54, 1.807) is 23.1 Å². The Bertz CT molecular complexity index is 1090. The number of carbonyl (C=O) groups excluding carboxylic acids is 1. The molecule has 29 heavy (non-hydrogen) atoms. The third-order valence-corrected chi connectivity index (χ3v) is 6.71. The van der Waals surface area contributed by atoms with Crippen LogP contribution < -0.4 is 5.32 Å². The molecule has 2 N–H and O–H groups in total. The molecule has 1 amide bonds. The first-order valence-electron chi connectivity index (χ1n) is 9.54. The molecule has 0 bridgehead atoms. The van der Waals surface area contributed by atoms with Gasteiger partial charge in [0.05, 0.1) is 11.0 Å². The van der Waals surface area contributed by atoms with Gasteiger partial charge in [0, 0.05) is 35.4 Å². The van der Waals surface area contributed by atoms with E-state index in [2.05, 4.69) is 20.3 Å². The maximum Gasteiger partial charge on any atom is 0.251 e. The Morgan fingerprint density at radius 1 is 1.14 bits per heavy atom. The van der Waals surface area contributed by atoms with E-state index in [1.807, 2.05) is 60.8 Å². The molecule has 0 spiro atoms. The van der Waals surface area contributed by atoms with Crippen molar-refractivity contribution in [1.82, 2.24) is 20.3 Å². The number of nitrogens with one attached hydrogen (secondary N) is 2. The number of amides is 1. The van der Waals surface area contributed by atoms with Crippen LogP contribution in [0, 0.1) is 6.92 Å². The monoisotopic (exact) mass is 422 g/mol. The fraction of sp³-hybridized carbons (Fsp3) is 0.227. The zero-order valence-corrected chi connectivity index (χ0v) is 17.8. The Morgan fingerprint density at radius 3 is 2.79 bits per heavy atom. The summed E-state index contributed by atoms with van der Waals surface area (Å²) in [4.78, 5) is 25.1. The van der Waals surface area contributed by atoms with E-state index >= 15 is 0 Å². The molecule has 5 nitrogen and oxygen atoms in total. The molecule has 0 aliphatic carbocycles. The first-order valence-corrected chi connectivity index (χ1v) is 11.4. The highest BCUT2D eigenvalue weighted by Crippen LogP contribution is 2.27. The Labute approximate surface area is 178 Å². The predicted octanol–water partition coefficient (Wildman–Crippen LogP) is 4.98. The minimum atomic E-state index is -0.0267. The number of aryl methyl sites for hydroxylation is 2. The van der Waals surface area contributed by atoms with Crippen molar-refractivity contribution in [3.05, 3.63) is 76.6 Å². The number of imidazole rings is 1. The van der Waals surface area contributed by atoms with Gasteiger partial charge in [-0.15, -0.1) is 11.3 Å². The number of carbonyl (C=O) groups is 1. The molecule has 0 aliphatic rings. The van der Waals surface area contributed by atoms with E-state index in [1.165, 1.54) is 0 Å². The maximum atomic E-state index is 12.7. The second kappa shape index (κ2) is 9.24. The van der Waals surface area contributed by atoms with E-state index in [9.17, 15) is 4.79 Å². The lowest BCUT2D eigenvalue weighted by atomic mass is 10.1. The minimum Gasteiger partial charge on any atom is -0.352 e. The highest BCUT2D eigenvalue weighted by atomic mass is 32.2. The summed E-state index contributed by atoms with van der Waals surface area (Å²) in [5.74, 6) is 1.66. The second-order valence-electron chi connectivity index (χ2n) is 6.76. The van der Waals surface area contributed by atoms with Gasteiger partial charge in [-0.2, -0.15) is 0 Å². The number of hydrogen-bond acceptors (Lipinski definition) is 5. The summed E-state index contributed by atoms with van der Waals surface area (Å²) in [5, 5.41) is 5.09. The number of H-pyrrole nitrogens is 1. The van der Waals surface area contributed by atoms with E-state index < -0.39 is 0 Å². The van der Waals surface area contributed by atoms with Crippen LogP contribution in [0.3, 0.4) is 0 Å². The fourth-order valence-corrected chi connectivity index (χ4v) is 4.94. The average molecular weight is 423 g/mol. The number of aromatic nitrogens is 3. The van der Waals surface area contributed by atoms with Gasteiger partial charge in [0.25, 0.3) is 5.91 Å². The summed E-state index contributed by atoms with van der Waals surface area (Å²) in [7, 11) is 0. The topological polar surface area (TPSA) is 70.7 Å². The second-order valence-corrected chi connectivity index (χ2v) is 8.84. The first-order chi connectivity index (χ1) is 14.2. The number of para-hydroxylation sites is 2. The Hall–Kier alpha value is -2.64. The van der Waals surface area contributed by atoms with Gasteiger partial charge in [0.15, 0.2) is 0 Å². The molecular weight excluding hydrogens is 400 g/mol. The zero-order chi connectivity index (χ0) is 20.1. The quantitative estimate of drug-likeness (QED) is 0.310. The van der Waals surface area contributed by atoms with Crippen LogP contribution in [0.4, 0.5) is 0 Å². The van der Waals surface area contributed by atoms with Crippen molar-refractivity contribution in [3.8, 4) is 0 Å². The smallest absolute Gasteiger partial charge is 0.251 e. The van der Waals surface area contributed by atoms with Crippen LogP contribution in [0.5, 0.6) is 0 Å². The van der Waals surface area contributed by atoms with Crippen LogP contribution in [0.2, 0.25) is 0 Å². The highest BCUT2D eigenvalue weighted by Gasteiger charge is 2.12. The number of thioether (sulfide) groups is 1. The first kappa shape index (κ1) is 19.7. The zero-order valence-electron chi connectivity index (χ0n) is 16.1. The van der Waals surface area contributed by atoms with E-state index in [0.29, 0.717) is 6.54 Å². The van der Waals surface area contributed by atoms with Gasteiger partial charge in [-0.1, -0.05) is 42.1 Å². The van der Waals surface area contributed by atoms with Crippen LogP contribution in [0.1, 0.15) is 33.9 Å². The van der Waals surface area contributed by atoms with Crippen molar-refractivity contribution < 1.29 is 4.79 Å². The lowest BCUT2D eigenvalue weighted by molar-refractivity contribution is 0.0952. The summed E-state index contributed by atoms with van der Waals surface area (Å²) in [5.41, 5.74) is 4.83. The van der Waals surface area contributed by atoms with Crippen LogP contribution in [-0.2, 0) is 12.2 Å². The van der Waals surface area contributed by atoms with Gasteiger partial charge in [0.2, 0.25) is 0 Å². The minimum absolute atomic E-state index is 0.0267. The molecule has 4 aromatic rings. The molecule has 0 aliphatic heterocycles. The number of benzene rings is 2. The Balaban J connectivity index is 1.30. The molecule has 0 unspecified atom stereocenters. The molecule has 0 fully saturated rings. The van der Waals surface area contributed by atoms with Crippen molar-refractivity contribution in [3.63, 3.8) is 0 Å². The SMILES string of the molecule is Cc1csc(SCc2ccccc2C(=O)NCCCc2nc3ccccc3[nH]2)n1. The normalized spacial score (nSPS) is 11.1. The third kappa shape index (κ3) is 5.05. The molecule has 0 radical (unpaired) electrons. The lowest BCUT2D eigenvalue weighted by Crippen LogP contribution is -2.25. The summed E-state index contributed by atoms with van der Waals surface area (Å²) in [6.45, 7) is 2.61. The summed E-state index contributed by atoms with van der Waals surface area (Å²) in [6.07, 6.45) is 1.64. The number of hydrogen-bond donors (Lipinski definition) is 2. The molecule has 0 saturated carbocycles. The standard InChI is InChI=1S/C22H22N4OS2/c1-15-13-28-22(24-15)29-14-16-7-2-3-8-17(16)21(27)23-12-6-11-20-25-18-9-4-5-10-19(18)26-20/h2-5,7-10,13H,6,11-12,14H2,1H3,(H,23,27)(H,25,26).